The number of hydrogen-bond acceptors (Lipinski definition) is 4. The van der Waals surface area contributed by atoms with Crippen molar-refractivity contribution in [2.45, 2.75) is 26.6 Å². The molecule has 3 rings (SSSR count). The largest absolute Gasteiger partial charge is 0.433 e. The average Bonchev–Trinajstić information content (AvgIpc) is 2.70. The minimum atomic E-state index is -4.60. The third-order valence-electron chi connectivity index (χ3n) is 4.42. The number of benzene rings is 1. The third-order valence-corrected chi connectivity index (χ3v) is 4.42. The van der Waals surface area contributed by atoms with Gasteiger partial charge in [-0.25, -0.2) is 13.8 Å². The van der Waals surface area contributed by atoms with Crippen molar-refractivity contribution < 1.29 is 22.0 Å². The Morgan fingerprint density at radius 3 is 2.42 bits per heavy atom. The lowest BCUT2D eigenvalue weighted by Gasteiger charge is -2.13. The number of hydrogen-bond donors (Lipinski definition) is 1. The van der Waals surface area contributed by atoms with E-state index in [0.29, 0.717) is 12.5 Å². The second-order valence-electron chi connectivity index (χ2n) is 7.31. The molecular formula is C21H19F5N4O. The van der Waals surface area contributed by atoms with Gasteiger partial charge in [0.05, 0.1) is 5.69 Å². The molecule has 0 saturated heterocycles. The molecule has 0 fully saturated rings. The highest BCUT2D eigenvalue weighted by molar-refractivity contribution is 5.57. The molecule has 0 atom stereocenters. The molecular weight excluding hydrogens is 419 g/mol. The molecule has 0 aliphatic rings. The van der Waals surface area contributed by atoms with Gasteiger partial charge in [-0.15, -0.1) is 0 Å². The zero-order chi connectivity index (χ0) is 22.8. The normalized spacial score (nSPS) is 11.9. The van der Waals surface area contributed by atoms with Gasteiger partial charge in [0.1, 0.15) is 23.5 Å². The quantitative estimate of drug-likeness (QED) is 0.582. The molecule has 3 aromatic rings. The predicted octanol–water partition coefficient (Wildman–Crippen LogP) is 4.34. The van der Waals surface area contributed by atoms with Gasteiger partial charge in [-0.2, -0.15) is 13.2 Å². The second-order valence-corrected chi connectivity index (χ2v) is 7.31. The van der Waals surface area contributed by atoms with E-state index < -0.39 is 34.8 Å². The zero-order valence-electron chi connectivity index (χ0n) is 16.7. The van der Waals surface area contributed by atoms with E-state index in [1.807, 2.05) is 13.8 Å². The summed E-state index contributed by atoms with van der Waals surface area (Å²) in [6.45, 7) is 4.75. The Hall–Kier alpha value is -3.14. The van der Waals surface area contributed by atoms with E-state index in [-0.39, 0.29) is 23.4 Å². The Balaban J connectivity index is 1.94. The summed E-state index contributed by atoms with van der Waals surface area (Å²) in [6.07, 6.45) is -2.74. The van der Waals surface area contributed by atoms with Gasteiger partial charge in [0, 0.05) is 29.9 Å². The molecule has 0 amide bonds. The molecule has 2 aromatic heterocycles. The fourth-order valence-corrected chi connectivity index (χ4v) is 2.88. The van der Waals surface area contributed by atoms with E-state index in [4.69, 9.17) is 0 Å². The van der Waals surface area contributed by atoms with Gasteiger partial charge in [-0.1, -0.05) is 19.9 Å². The SMILES string of the molecule is CC(C)CNCc1ccc(F)c(-n2cnc(-c3ccc(C(F)(F)F)nc3)cc2=O)c1F. The summed E-state index contributed by atoms with van der Waals surface area (Å²) in [5.74, 6) is -1.51. The lowest BCUT2D eigenvalue weighted by atomic mass is 10.1. The van der Waals surface area contributed by atoms with Crippen molar-refractivity contribution in [1.29, 1.82) is 0 Å². The highest BCUT2D eigenvalue weighted by atomic mass is 19.4. The molecule has 0 unspecified atom stereocenters. The molecule has 1 N–H and O–H groups in total. The second kappa shape index (κ2) is 8.93. The van der Waals surface area contributed by atoms with Crippen molar-refractivity contribution in [2.24, 2.45) is 5.92 Å². The van der Waals surface area contributed by atoms with Crippen LogP contribution < -0.4 is 10.9 Å². The van der Waals surface area contributed by atoms with Crippen LogP contribution in [0.25, 0.3) is 16.9 Å². The topological polar surface area (TPSA) is 59.8 Å². The lowest BCUT2D eigenvalue weighted by molar-refractivity contribution is -0.141. The molecule has 0 saturated carbocycles. The van der Waals surface area contributed by atoms with Crippen LogP contribution in [0.4, 0.5) is 22.0 Å². The number of aromatic nitrogens is 3. The van der Waals surface area contributed by atoms with Crippen LogP contribution in [0.15, 0.2) is 47.7 Å². The molecule has 0 aliphatic heterocycles. The Bertz CT molecular complexity index is 1120. The summed E-state index contributed by atoms with van der Waals surface area (Å²) < 4.78 is 67.9. The van der Waals surface area contributed by atoms with Gasteiger partial charge in [-0.05, 0) is 30.7 Å². The van der Waals surface area contributed by atoms with Crippen molar-refractivity contribution in [3.8, 4) is 16.9 Å². The number of pyridine rings is 1. The van der Waals surface area contributed by atoms with Crippen LogP contribution >= 0.6 is 0 Å². The molecule has 10 heteroatoms. The average molecular weight is 438 g/mol. The summed E-state index contributed by atoms with van der Waals surface area (Å²) in [7, 11) is 0. The number of nitrogens with one attached hydrogen (secondary N) is 1. The first-order valence-electron chi connectivity index (χ1n) is 9.38. The maximum Gasteiger partial charge on any atom is 0.433 e. The van der Waals surface area contributed by atoms with Gasteiger partial charge in [-0.3, -0.25) is 14.3 Å². The highest BCUT2D eigenvalue weighted by Crippen LogP contribution is 2.28. The molecule has 5 nitrogen and oxygen atoms in total. The van der Waals surface area contributed by atoms with E-state index >= 15 is 0 Å². The van der Waals surface area contributed by atoms with Gasteiger partial charge in [0.15, 0.2) is 5.82 Å². The van der Waals surface area contributed by atoms with Crippen LogP contribution in [0.1, 0.15) is 25.1 Å². The van der Waals surface area contributed by atoms with Gasteiger partial charge < -0.3 is 5.32 Å². The van der Waals surface area contributed by atoms with Crippen LogP contribution in [0.5, 0.6) is 0 Å². The molecule has 0 aliphatic carbocycles. The first kappa shape index (κ1) is 22.5. The first-order chi connectivity index (χ1) is 14.6. The van der Waals surface area contributed by atoms with Crippen LogP contribution in [0, 0.1) is 17.6 Å². The number of alkyl halides is 3. The Labute approximate surface area is 174 Å². The Kier molecular flexibility index (Phi) is 6.49. The number of nitrogens with zero attached hydrogens (tertiary/aromatic N) is 3. The summed E-state index contributed by atoms with van der Waals surface area (Å²) >= 11 is 0. The molecule has 31 heavy (non-hydrogen) atoms. The minimum Gasteiger partial charge on any atom is -0.312 e. The maximum atomic E-state index is 14.9. The summed E-state index contributed by atoms with van der Waals surface area (Å²) in [4.78, 5) is 19.8. The highest BCUT2D eigenvalue weighted by Gasteiger charge is 2.32. The monoisotopic (exact) mass is 438 g/mol. The Morgan fingerprint density at radius 1 is 1.10 bits per heavy atom. The van der Waals surface area contributed by atoms with Gasteiger partial charge >= 0.3 is 6.18 Å². The minimum absolute atomic E-state index is 0.0260. The van der Waals surface area contributed by atoms with E-state index in [9.17, 15) is 26.7 Å². The van der Waals surface area contributed by atoms with Crippen LogP contribution in [0.3, 0.4) is 0 Å². The van der Waals surface area contributed by atoms with E-state index in [1.165, 1.54) is 6.07 Å². The van der Waals surface area contributed by atoms with E-state index in [0.717, 1.165) is 41.4 Å². The predicted molar refractivity (Wildman–Crippen MR) is 105 cm³/mol. The zero-order valence-corrected chi connectivity index (χ0v) is 16.7. The molecule has 0 radical (unpaired) electrons. The summed E-state index contributed by atoms with van der Waals surface area (Å²) in [6, 6.07) is 5.21. The van der Waals surface area contributed by atoms with Crippen molar-refractivity contribution in [2.75, 3.05) is 6.54 Å². The van der Waals surface area contributed by atoms with Gasteiger partial charge in [0.25, 0.3) is 5.56 Å². The van der Waals surface area contributed by atoms with Crippen molar-refractivity contribution in [3.05, 3.63) is 76.1 Å². The standard InChI is InChI=1S/C21H19F5N4O/c1-12(2)8-27-9-14-3-5-15(22)20(19(14)23)30-11-29-16(7-18(30)31)13-4-6-17(28-10-13)21(24,25)26/h3-7,10-12,27H,8-9H2,1-2H3. The van der Waals surface area contributed by atoms with Gasteiger partial charge in [0.2, 0.25) is 0 Å². The smallest absolute Gasteiger partial charge is 0.312 e. The third kappa shape index (κ3) is 5.13. The molecule has 2 heterocycles. The fourth-order valence-electron chi connectivity index (χ4n) is 2.88. The fraction of sp³-hybridized carbons (Fsp3) is 0.286. The van der Waals surface area contributed by atoms with Crippen molar-refractivity contribution in [1.82, 2.24) is 19.9 Å². The van der Waals surface area contributed by atoms with Crippen molar-refractivity contribution in [3.63, 3.8) is 0 Å². The first-order valence-corrected chi connectivity index (χ1v) is 9.38. The van der Waals surface area contributed by atoms with Crippen molar-refractivity contribution >= 4 is 0 Å². The Morgan fingerprint density at radius 2 is 1.84 bits per heavy atom. The van der Waals surface area contributed by atoms with Crippen LogP contribution in [0.2, 0.25) is 0 Å². The number of rotatable bonds is 6. The van der Waals surface area contributed by atoms with Crippen LogP contribution in [-0.2, 0) is 12.7 Å². The van der Waals surface area contributed by atoms with E-state index in [1.54, 1.807) is 0 Å². The van der Waals surface area contributed by atoms with E-state index in [2.05, 4.69) is 15.3 Å². The number of halogens is 5. The lowest BCUT2D eigenvalue weighted by Crippen LogP contribution is -2.23. The molecule has 0 spiro atoms. The molecule has 1 aromatic carbocycles. The molecule has 0 bridgehead atoms. The summed E-state index contributed by atoms with van der Waals surface area (Å²) in [5, 5.41) is 3.05. The van der Waals surface area contributed by atoms with Crippen LogP contribution in [-0.4, -0.2) is 21.1 Å². The maximum absolute atomic E-state index is 14.9. The summed E-state index contributed by atoms with van der Waals surface area (Å²) in [5.41, 5.74) is -2.09. The molecule has 164 valence electrons.